The van der Waals surface area contributed by atoms with Crippen LogP contribution in [0.3, 0.4) is 0 Å². The van der Waals surface area contributed by atoms with Gasteiger partial charge in [0, 0.05) is 18.5 Å². The first-order chi connectivity index (χ1) is 8.68. The maximum absolute atomic E-state index is 6.39. The van der Waals surface area contributed by atoms with Crippen LogP contribution in [0.25, 0.3) is 0 Å². The van der Waals surface area contributed by atoms with Crippen LogP contribution < -0.4 is 10.5 Å². The SMILES string of the molecule is Cc1ncc(C(N)C2COc3ccccc32)n1C. The van der Waals surface area contributed by atoms with Gasteiger partial charge in [0.2, 0.25) is 0 Å². The van der Waals surface area contributed by atoms with E-state index >= 15 is 0 Å². The van der Waals surface area contributed by atoms with Gasteiger partial charge >= 0.3 is 0 Å². The zero-order chi connectivity index (χ0) is 12.7. The van der Waals surface area contributed by atoms with Gasteiger partial charge in [0.15, 0.2) is 0 Å². The van der Waals surface area contributed by atoms with Crippen LogP contribution in [-0.2, 0) is 7.05 Å². The Morgan fingerprint density at radius 3 is 2.94 bits per heavy atom. The molecular weight excluding hydrogens is 226 g/mol. The fourth-order valence-corrected chi connectivity index (χ4v) is 2.52. The molecule has 0 fully saturated rings. The smallest absolute Gasteiger partial charge is 0.122 e. The number of fused-ring (bicyclic) bond motifs is 1. The van der Waals surface area contributed by atoms with Gasteiger partial charge in [-0.2, -0.15) is 0 Å². The van der Waals surface area contributed by atoms with Crippen LogP contribution in [0, 0.1) is 6.92 Å². The van der Waals surface area contributed by atoms with E-state index in [9.17, 15) is 0 Å². The van der Waals surface area contributed by atoms with Crippen molar-refractivity contribution in [2.45, 2.75) is 18.9 Å². The molecule has 0 aliphatic carbocycles. The van der Waals surface area contributed by atoms with Gasteiger partial charge < -0.3 is 15.0 Å². The average molecular weight is 243 g/mol. The highest BCUT2D eigenvalue weighted by Gasteiger charge is 2.31. The third kappa shape index (κ3) is 1.61. The van der Waals surface area contributed by atoms with E-state index in [-0.39, 0.29) is 12.0 Å². The van der Waals surface area contributed by atoms with Crippen LogP contribution in [0.2, 0.25) is 0 Å². The Bertz CT molecular complexity index is 576. The number of rotatable bonds is 2. The molecule has 1 aliphatic heterocycles. The number of hydrogen-bond acceptors (Lipinski definition) is 3. The Balaban J connectivity index is 1.95. The lowest BCUT2D eigenvalue weighted by Gasteiger charge is -2.19. The fraction of sp³-hybridized carbons (Fsp3) is 0.357. The van der Waals surface area contributed by atoms with Crippen LogP contribution in [0.1, 0.15) is 29.0 Å². The van der Waals surface area contributed by atoms with Gasteiger partial charge in [0.05, 0.1) is 24.5 Å². The standard InChI is InChI=1S/C14H17N3O/c1-9-16-7-12(17(9)2)14(15)11-8-18-13-6-4-3-5-10(11)13/h3-7,11,14H,8,15H2,1-2H3. The summed E-state index contributed by atoms with van der Waals surface area (Å²) in [5, 5.41) is 0. The van der Waals surface area contributed by atoms with Crippen molar-refractivity contribution >= 4 is 0 Å². The topological polar surface area (TPSA) is 53.1 Å². The second-order valence-corrected chi connectivity index (χ2v) is 4.77. The van der Waals surface area contributed by atoms with E-state index < -0.39 is 0 Å². The van der Waals surface area contributed by atoms with Crippen molar-refractivity contribution in [2.75, 3.05) is 6.61 Å². The van der Waals surface area contributed by atoms with Gasteiger partial charge in [-0.25, -0.2) is 4.98 Å². The number of nitrogens with zero attached hydrogens (tertiary/aromatic N) is 2. The number of imidazole rings is 1. The molecule has 18 heavy (non-hydrogen) atoms. The summed E-state index contributed by atoms with van der Waals surface area (Å²) in [6.07, 6.45) is 1.86. The highest BCUT2D eigenvalue weighted by molar-refractivity contribution is 5.41. The molecule has 0 spiro atoms. The number of hydrogen-bond donors (Lipinski definition) is 1. The molecule has 2 aromatic rings. The first-order valence-electron chi connectivity index (χ1n) is 6.14. The van der Waals surface area contributed by atoms with Gasteiger partial charge in [-0.3, -0.25) is 0 Å². The summed E-state index contributed by atoms with van der Waals surface area (Å²) in [4.78, 5) is 4.31. The van der Waals surface area contributed by atoms with Crippen molar-refractivity contribution in [1.29, 1.82) is 0 Å². The minimum absolute atomic E-state index is 0.0835. The molecule has 4 nitrogen and oxygen atoms in total. The van der Waals surface area contributed by atoms with E-state index in [1.165, 1.54) is 5.56 Å². The molecule has 0 amide bonds. The summed E-state index contributed by atoms with van der Waals surface area (Å²) in [5.41, 5.74) is 8.64. The fourth-order valence-electron chi connectivity index (χ4n) is 2.52. The minimum atomic E-state index is -0.0835. The maximum Gasteiger partial charge on any atom is 0.122 e. The molecule has 2 atom stereocenters. The minimum Gasteiger partial charge on any atom is -0.493 e. The average Bonchev–Trinajstić information content (AvgIpc) is 2.94. The Hall–Kier alpha value is -1.81. The molecule has 2 N–H and O–H groups in total. The predicted octanol–water partition coefficient (Wildman–Crippen LogP) is 1.90. The molecule has 0 bridgehead atoms. The summed E-state index contributed by atoms with van der Waals surface area (Å²) in [5.74, 6) is 2.14. The molecule has 0 saturated heterocycles. The monoisotopic (exact) mass is 243 g/mol. The predicted molar refractivity (Wildman–Crippen MR) is 69.6 cm³/mol. The number of para-hydroxylation sites is 1. The van der Waals surface area contributed by atoms with E-state index in [4.69, 9.17) is 10.5 Å². The zero-order valence-corrected chi connectivity index (χ0v) is 10.6. The summed E-state index contributed by atoms with van der Waals surface area (Å²) in [7, 11) is 2.00. The molecule has 4 heteroatoms. The largest absolute Gasteiger partial charge is 0.493 e. The summed E-state index contributed by atoms with van der Waals surface area (Å²) < 4.78 is 7.74. The highest BCUT2D eigenvalue weighted by atomic mass is 16.5. The first-order valence-corrected chi connectivity index (χ1v) is 6.14. The van der Waals surface area contributed by atoms with Gasteiger partial charge in [-0.15, -0.1) is 0 Å². The van der Waals surface area contributed by atoms with Crippen LogP contribution in [-0.4, -0.2) is 16.2 Å². The molecule has 0 saturated carbocycles. The van der Waals surface area contributed by atoms with E-state index in [1.807, 2.05) is 42.9 Å². The van der Waals surface area contributed by atoms with E-state index in [1.54, 1.807) is 0 Å². The van der Waals surface area contributed by atoms with Crippen molar-refractivity contribution in [1.82, 2.24) is 9.55 Å². The number of aryl methyl sites for hydroxylation is 1. The second kappa shape index (κ2) is 4.14. The normalized spacial score (nSPS) is 19.4. The molecule has 0 radical (unpaired) electrons. The molecule has 2 heterocycles. The van der Waals surface area contributed by atoms with Gasteiger partial charge in [-0.1, -0.05) is 18.2 Å². The molecule has 2 unspecified atom stereocenters. The lowest BCUT2D eigenvalue weighted by Crippen LogP contribution is -2.23. The maximum atomic E-state index is 6.39. The quantitative estimate of drug-likeness (QED) is 0.876. The Morgan fingerprint density at radius 2 is 2.22 bits per heavy atom. The van der Waals surface area contributed by atoms with Crippen molar-refractivity contribution in [2.24, 2.45) is 12.8 Å². The number of ether oxygens (including phenoxy) is 1. The summed E-state index contributed by atoms with van der Waals surface area (Å²) in [6, 6.07) is 8.02. The van der Waals surface area contributed by atoms with Crippen LogP contribution in [0.15, 0.2) is 30.5 Å². The molecular formula is C14H17N3O. The lowest BCUT2D eigenvalue weighted by molar-refractivity contribution is 0.312. The van der Waals surface area contributed by atoms with E-state index in [0.29, 0.717) is 6.61 Å². The zero-order valence-electron chi connectivity index (χ0n) is 10.6. The second-order valence-electron chi connectivity index (χ2n) is 4.77. The van der Waals surface area contributed by atoms with Crippen LogP contribution in [0.5, 0.6) is 5.75 Å². The summed E-state index contributed by atoms with van der Waals surface area (Å²) >= 11 is 0. The molecule has 1 aromatic carbocycles. The van der Waals surface area contributed by atoms with Crippen LogP contribution in [0.4, 0.5) is 0 Å². The molecule has 1 aliphatic rings. The first kappa shape index (κ1) is 11.3. The van der Waals surface area contributed by atoms with Crippen molar-refractivity contribution < 1.29 is 4.74 Å². The molecule has 94 valence electrons. The van der Waals surface area contributed by atoms with Crippen molar-refractivity contribution in [3.8, 4) is 5.75 Å². The number of nitrogens with two attached hydrogens (primary N) is 1. The van der Waals surface area contributed by atoms with Gasteiger partial charge in [0.1, 0.15) is 11.6 Å². The van der Waals surface area contributed by atoms with Crippen molar-refractivity contribution in [3.05, 3.63) is 47.5 Å². The van der Waals surface area contributed by atoms with E-state index in [0.717, 1.165) is 17.3 Å². The van der Waals surface area contributed by atoms with E-state index in [2.05, 4.69) is 11.1 Å². The Morgan fingerprint density at radius 1 is 1.44 bits per heavy atom. The number of benzene rings is 1. The van der Waals surface area contributed by atoms with Gasteiger partial charge in [-0.05, 0) is 13.0 Å². The number of aromatic nitrogens is 2. The Kier molecular flexibility index (Phi) is 2.59. The third-order valence-corrected chi connectivity index (χ3v) is 3.77. The highest BCUT2D eigenvalue weighted by Crippen LogP contribution is 2.39. The summed E-state index contributed by atoms with van der Waals surface area (Å²) in [6.45, 7) is 2.63. The van der Waals surface area contributed by atoms with Gasteiger partial charge in [0.25, 0.3) is 0 Å². The molecule has 3 rings (SSSR count). The molecule has 1 aromatic heterocycles. The van der Waals surface area contributed by atoms with Crippen LogP contribution >= 0.6 is 0 Å². The third-order valence-electron chi connectivity index (χ3n) is 3.77. The lowest BCUT2D eigenvalue weighted by atomic mass is 9.92. The van der Waals surface area contributed by atoms with Crippen molar-refractivity contribution in [3.63, 3.8) is 0 Å². The Labute approximate surface area is 106 Å².